The van der Waals surface area contributed by atoms with Crippen molar-refractivity contribution in [2.24, 2.45) is 0 Å². The van der Waals surface area contributed by atoms with Crippen molar-refractivity contribution < 1.29 is 0 Å². The molecule has 17 heavy (non-hydrogen) atoms. The van der Waals surface area contributed by atoms with Gasteiger partial charge in [0.2, 0.25) is 0 Å². The average Bonchev–Trinajstić information content (AvgIpc) is 2.30. The van der Waals surface area contributed by atoms with Gasteiger partial charge in [-0.05, 0) is 32.0 Å². The highest BCUT2D eigenvalue weighted by atomic mass is 14.9. The lowest BCUT2D eigenvalue weighted by Gasteiger charge is -2.18. The largest absolute Gasteiger partial charge is 0.309 e. The molecule has 1 atom stereocenters. The molecule has 0 saturated heterocycles. The number of nitrogens with one attached hydrogen (secondary N) is 1. The standard InChI is InChI=1S/C16H19N/c1-12-9-13(2)11-15(10-12)16(17-3)14-7-5-4-6-8-14/h4-11,16-17H,1-3H3. The number of rotatable bonds is 3. The maximum absolute atomic E-state index is 3.39. The van der Waals surface area contributed by atoms with Gasteiger partial charge in [-0.3, -0.25) is 0 Å². The Morgan fingerprint density at radius 3 is 1.94 bits per heavy atom. The lowest BCUT2D eigenvalue weighted by Crippen LogP contribution is -2.17. The van der Waals surface area contributed by atoms with Gasteiger partial charge in [-0.15, -0.1) is 0 Å². The highest BCUT2D eigenvalue weighted by molar-refractivity contribution is 5.36. The topological polar surface area (TPSA) is 12.0 Å². The molecule has 0 aromatic heterocycles. The first-order valence-corrected chi connectivity index (χ1v) is 6.01. The van der Waals surface area contributed by atoms with Crippen molar-refractivity contribution in [2.45, 2.75) is 19.9 Å². The molecule has 2 rings (SSSR count). The first kappa shape index (κ1) is 11.9. The van der Waals surface area contributed by atoms with E-state index in [0.717, 1.165) is 0 Å². The molecule has 2 aromatic carbocycles. The van der Waals surface area contributed by atoms with E-state index >= 15 is 0 Å². The van der Waals surface area contributed by atoms with Gasteiger partial charge in [0.25, 0.3) is 0 Å². The summed E-state index contributed by atoms with van der Waals surface area (Å²) in [6.45, 7) is 4.29. The van der Waals surface area contributed by atoms with Gasteiger partial charge in [-0.25, -0.2) is 0 Å². The SMILES string of the molecule is CNC(c1ccccc1)c1cc(C)cc(C)c1. The van der Waals surface area contributed by atoms with Crippen LogP contribution in [0.25, 0.3) is 0 Å². The third-order valence-corrected chi connectivity index (χ3v) is 3.00. The monoisotopic (exact) mass is 225 g/mol. The van der Waals surface area contributed by atoms with E-state index in [4.69, 9.17) is 0 Å². The summed E-state index contributed by atoms with van der Waals surface area (Å²) in [7, 11) is 2.01. The van der Waals surface area contributed by atoms with E-state index in [9.17, 15) is 0 Å². The second-order valence-electron chi connectivity index (χ2n) is 4.55. The lowest BCUT2D eigenvalue weighted by atomic mass is 9.96. The maximum atomic E-state index is 3.39. The number of hydrogen-bond acceptors (Lipinski definition) is 1. The summed E-state index contributed by atoms with van der Waals surface area (Å²) >= 11 is 0. The first-order chi connectivity index (χ1) is 8.20. The number of benzene rings is 2. The number of hydrogen-bond donors (Lipinski definition) is 1. The normalized spacial score (nSPS) is 12.4. The Kier molecular flexibility index (Phi) is 3.60. The molecule has 1 N–H and O–H groups in total. The van der Waals surface area contributed by atoms with E-state index in [1.807, 2.05) is 7.05 Å². The molecular weight excluding hydrogens is 206 g/mol. The Morgan fingerprint density at radius 2 is 1.41 bits per heavy atom. The van der Waals surface area contributed by atoms with E-state index in [1.54, 1.807) is 0 Å². The predicted octanol–water partition coefficient (Wildman–Crippen LogP) is 3.61. The summed E-state index contributed by atoms with van der Waals surface area (Å²) in [5.74, 6) is 0. The van der Waals surface area contributed by atoms with Crippen LogP contribution in [0.5, 0.6) is 0 Å². The zero-order valence-corrected chi connectivity index (χ0v) is 10.7. The highest BCUT2D eigenvalue weighted by Crippen LogP contribution is 2.23. The Hall–Kier alpha value is -1.60. The quantitative estimate of drug-likeness (QED) is 0.841. The zero-order chi connectivity index (χ0) is 12.3. The predicted molar refractivity (Wildman–Crippen MR) is 73.3 cm³/mol. The smallest absolute Gasteiger partial charge is 0.0574 e. The molecule has 0 aliphatic rings. The number of aryl methyl sites for hydroxylation is 2. The van der Waals surface area contributed by atoms with E-state index in [0.29, 0.717) is 0 Å². The van der Waals surface area contributed by atoms with E-state index in [-0.39, 0.29) is 6.04 Å². The molecule has 1 heteroatoms. The summed E-state index contributed by atoms with van der Waals surface area (Å²) in [6, 6.07) is 17.5. The fourth-order valence-corrected chi connectivity index (χ4v) is 2.35. The first-order valence-electron chi connectivity index (χ1n) is 6.01. The second kappa shape index (κ2) is 5.15. The fourth-order valence-electron chi connectivity index (χ4n) is 2.35. The average molecular weight is 225 g/mol. The van der Waals surface area contributed by atoms with Crippen molar-refractivity contribution in [3.63, 3.8) is 0 Å². The second-order valence-corrected chi connectivity index (χ2v) is 4.55. The van der Waals surface area contributed by atoms with Gasteiger partial charge < -0.3 is 5.32 Å². The fraction of sp³-hybridized carbons (Fsp3) is 0.250. The van der Waals surface area contributed by atoms with Crippen LogP contribution in [0.2, 0.25) is 0 Å². The molecule has 1 unspecified atom stereocenters. The van der Waals surface area contributed by atoms with Crippen molar-refractivity contribution in [3.05, 3.63) is 70.8 Å². The Morgan fingerprint density at radius 1 is 0.824 bits per heavy atom. The maximum Gasteiger partial charge on any atom is 0.0574 e. The molecular formula is C16H19N. The van der Waals surface area contributed by atoms with Crippen LogP contribution in [0, 0.1) is 13.8 Å². The van der Waals surface area contributed by atoms with Crippen molar-refractivity contribution in [1.29, 1.82) is 0 Å². The molecule has 0 heterocycles. The Bertz CT molecular complexity index is 468. The third kappa shape index (κ3) is 2.75. The minimum atomic E-state index is 0.273. The van der Waals surface area contributed by atoms with Gasteiger partial charge in [-0.1, -0.05) is 59.7 Å². The van der Waals surface area contributed by atoms with Crippen LogP contribution in [0.15, 0.2) is 48.5 Å². The summed E-state index contributed by atoms with van der Waals surface area (Å²) in [6.07, 6.45) is 0. The Labute approximate surface area is 103 Å². The molecule has 88 valence electrons. The summed E-state index contributed by atoms with van der Waals surface area (Å²) in [4.78, 5) is 0. The van der Waals surface area contributed by atoms with Gasteiger partial charge >= 0.3 is 0 Å². The van der Waals surface area contributed by atoms with Crippen LogP contribution in [-0.2, 0) is 0 Å². The zero-order valence-electron chi connectivity index (χ0n) is 10.7. The van der Waals surface area contributed by atoms with Crippen LogP contribution in [0.1, 0.15) is 28.3 Å². The molecule has 0 saturated carbocycles. The third-order valence-electron chi connectivity index (χ3n) is 3.00. The van der Waals surface area contributed by atoms with Crippen molar-refractivity contribution in [3.8, 4) is 0 Å². The van der Waals surface area contributed by atoms with Gasteiger partial charge in [0.1, 0.15) is 0 Å². The van der Waals surface area contributed by atoms with Crippen molar-refractivity contribution in [2.75, 3.05) is 7.05 Å². The van der Waals surface area contributed by atoms with E-state index < -0.39 is 0 Å². The van der Waals surface area contributed by atoms with Gasteiger partial charge in [0.15, 0.2) is 0 Å². The van der Waals surface area contributed by atoms with Gasteiger partial charge in [-0.2, -0.15) is 0 Å². The molecule has 0 fully saturated rings. The molecule has 0 radical (unpaired) electrons. The van der Waals surface area contributed by atoms with E-state index in [1.165, 1.54) is 22.3 Å². The molecule has 2 aromatic rings. The summed E-state index contributed by atoms with van der Waals surface area (Å²) in [5, 5.41) is 3.39. The lowest BCUT2D eigenvalue weighted by molar-refractivity contribution is 0.690. The molecule has 0 bridgehead atoms. The van der Waals surface area contributed by atoms with Crippen LogP contribution in [0.4, 0.5) is 0 Å². The minimum absolute atomic E-state index is 0.273. The van der Waals surface area contributed by atoms with Gasteiger partial charge in [0.05, 0.1) is 6.04 Å². The molecule has 1 nitrogen and oxygen atoms in total. The Balaban J connectivity index is 2.42. The molecule has 0 aliphatic carbocycles. The molecule has 0 spiro atoms. The van der Waals surface area contributed by atoms with Crippen LogP contribution >= 0.6 is 0 Å². The highest BCUT2D eigenvalue weighted by Gasteiger charge is 2.11. The van der Waals surface area contributed by atoms with Crippen molar-refractivity contribution >= 4 is 0 Å². The molecule has 0 amide bonds. The summed E-state index contributed by atoms with van der Waals surface area (Å²) in [5.41, 5.74) is 5.27. The van der Waals surface area contributed by atoms with Crippen molar-refractivity contribution in [1.82, 2.24) is 5.32 Å². The van der Waals surface area contributed by atoms with E-state index in [2.05, 4.69) is 67.7 Å². The van der Waals surface area contributed by atoms with Gasteiger partial charge in [0, 0.05) is 0 Å². The molecule has 0 aliphatic heterocycles. The van der Waals surface area contributed by atoms with Crippen LogP contribution < -0.4 is 5.32 Å². The van der Waals surface area contributed by atoms with Crippen LogP contribution in [-0.4, -0.2) is 7.05 Å². The van der Waals surface area contributed by atoms with Crippen LogP contribution in [0.3, 0.4) is 0 Å². The summed E-state index contributed by atoms with van der Waals surface area (Å²) < 4.78 is 0. The minimum Gasteiger partial charge on any atom is -0.309 e.